The number of nitrogens with one attached hydrogen (secondary N) is 1. The zero-order valence-corrected chi connectivity index (χ0v) is 10.3. The Kier molecular flexibility index (Phi) is 4.09. The van der Waals surface area contributed by atoms with Gasteiger partial charge < -0.3 is 10.1 Å². The first-order valence-electron chi connectivity index (χ1n) is 5.68. The Balaban J connectivity index is 1.81. The van der Waals surface area contributed by atoms with Gasteiger partial charge in [0.25, 0.3) is 0 Å². The maximum atomic E-state index is 10.3. The highest BCUT2D eigenvalue weighted by Crippen LogP contribution is 2.16. The Morgan fingerprint density at radius 2 is 2.12 bits per heavy atom. The largest absolute Gasteiger partial charge is 0.473 e. The molecule has 0 saturated heterocycles. The maximum Gasteiger partial charge on any atom is 0.364 e. The Labute approximate surface area is 104 Å². The first-order valence-corrected chi connectivity index (χ1v) is 6.66. The summed E-state index contributed by atoms with van der Waals surface area (Å²) >= 11 is 0.978. The van der Waals surface area contributed by atoms with Gasteiger partial charge in [0.05, 0.1) is 0 Å². The first kappa shape index (κ1) is 12.0. The number of thioether (sulfide) groups is 1. The highest BCUT2D eigenvalue weighted by molar-refractivity contribution is 8.13. The van der Waals surface area contributed by atoms with Crippen molar-refractivity contribution in [2.24, 2.45) is 0 Å². The van der Waals surface area contributed by atoms with Crippen LogP contribution in [0.3, 0.4) is 0 Å². The normalized spacial score (nSPS) is 10.8. The summed E-state index contributed by atoms with van der Waals surface area (Å²) in [5, 5.41) is 8.94. The van der Waals surface area contributed by atoms with Crippen molar-refractivity contribution >= 4 is 28.0 Å². The quantitative estimate of drug-likeness (QED) is 0.790. The number of aryl methyl sites for hydroxylation is 1. The van der Waals surface area contributed by atoms with Crippen LogP contribution in [0.15, 0.2) is 30.3 Å². The molecule has 17 heavy (non-hydrogen) atoms. The Morgan fingerprint density at radius 1 is 1.29 bits per heavy atom. The number of carbonyl (C=O) groups is 1. The molecule has 0 unspecified atom stereocenters. The molecule has 0 amide bonds. The van der Waals surface area contributed by atoms with E-state index in [1.54, 1.807) is 0 Å². The minimum absolute atomic E-state index is 0.690. The fraction of sp³-hybridized carbons (Fsp3) is 0.308. The first-order chi connectivity index (χ1) is 8.25. The van der Waals surface area contributed by atoms with Crippen LogP contribution in [0, 0.1) is 0 Å². The molecular formula is C13H15NO2S. The van der Waals surface area contributed by atoms with Gasteiger partial charge in [-0.2, -0.15) is 0 Å². The van der Waals surface area contributed by atoms with E-state index in [0.717, 1.165) is 31.0 Å². The van der Waals surface area contributed by atoms with Gasteiger partial charge in [0, 0.05) is 17.0 Å². The Hall–Kier alpha value is -1.42. The second kappa shape index (κ2) is 5.77. The van der Waals surface area contributed by atoms with Gasteiger partial charge in [0.15, 0.2) is 0 Å². The van der Waals surface area contributed by atoms with Crippen LogP contribution in [-0.4, -0.2) is 21.1 Å². The van der Waals surface area contributed by atoms with Crippen LogP contribution in [0.1, 0.15) is 18.5 Å². The third kappa shape index (κ3) is 3.53. The van der Waals surface area contributed by atoms with Gasteiger partial charge in [-0.3, -0.25) is 0 Å². The number of carboxylic acid groups (broad SMARTS) is 1. The van der Waals surface area contributed by atoms with E-state index in [2.05, 4.69) is 23.2 Å². The van der Waals surface area contributed by atoms with Crippen LogP contribution in [0.5, 0.6) is 0 Å². The number of hydrogen-bond acceptors (Lipinski definition) is 2. The monoisotopic (exact) mass is 249 g/mol. The lowest BCUT2D eigenvalue weighted by Gasteiger charge is -1.97. The van der Waals surface area contributed by atoms with Crippen LogP contribution in [-0.2, 0) is 6.42 Å². The molecule has 0 atom stereocenters. The molecule has 0 saturated carbocycles. The number of para-hydroxylation sites is 1. The molecule has 4 heteroatoms. The summed E-state index contributed by atoms with van der Waals surface area (Å²) in [6, 6.07) is 10.4. The smallest absolute Gasteiger partial charge is 0.364 e. The van der Waals surface area contributed by atoms with Crippen molar-refractivity contribution in [3.05, 3.63) is 36.0 Å². The molecule has 0 fully saturated rings. The van der Waals surface area contributed by atoms with Gasteiger partial charge >= 0.3 is 5.30 Å². The van der Waals surface area contributed by atoms with Gasteiger partial charge in [0.2, 0.25) is 0 Å². The molecule has 0 radical (unpaired) electrons. The predicted molar refractivity (Wildman–Crippen MR) is 71.7 cm³/mol. The average Bonchev–Trinajstić information content (AvgIpc) is 2.70. The van der Waals surface area contributed by atoms with E-state index in [4.69, 9.17) is 5.11 Å². The summed E-state index contributed by atoms with van der Waals surface area (Å²) in [5.74, 6) is 0.690. The van der Waals surface area contributed by atoms with E-state index in [0.29, 0.717) is 5.75 Å². The van der Waals surface area contributed by atoms with Crippen LogP contribution in [0.4, 0.5) is 4.79 Å². The molecule has 0 aliphatic carbocycles. The number of hydrogen-bond donors (Lipinski definition) is 2. The average molecular weight is 249 g/mol. The second-order valence-corrected chi connectivity index (χ2v) is 5.00. The zero-order valence-electron chi connectivity index (χ0n) is 9.48. The van der Waals surface area contributed by atoms with E-state index in [1.807, 2.05) is 12.1 Å². The molecule has 0 aliphatic heterocycles. The Bertz CT molecular complexity index is 474. The number of H-pyrrole nitrogens is 1. The van der Waals surface area contributed by atoms with Crippen molar-refractivity contribution in [3.8, 4) is 0 Å². The fourth-order valence-corrected chi connectivity index (χ4v) is 2.37. The van der Waals surface area contributed by atoms with Crippen LogP contribution >= 0.6 is 11.8 Å². The molecule has 2 rings (SSSR count). The van der Waals surface area contributed by atoms with Gasteiger partial charge in [-0.25, -0.2) is 4.79 Å². The number of unbranched alkanes of at least 4 members (excludes halogenated alkanes) is 1. The minimum Gasteiger partial charge on any atom is -0.473 e. The van der Waals surface area contributed by atoms with Gasteiger partial charge in [-0.15, -0.1) is 0 Å². The molecule has 1 aromatic heterocycles. The number of aromatic nitrogens is 1. The SMILES string of the molecule is O=C(O)SCCCCc1cc2ccccc2[nH]1. The number of fused-ring (bicyclic) bond motifs is 1. The predicted octanol–water partition coefficient (Wildman–Crippen LogP) is 3.90. The Morgan fingerprint density at radius 3 is 2.88 bits per heavy atom. The third-order valence-corrected chi connectivity index (χ3v) is 3.39. The molecule has 90 valence electrons. The van der Waals surface area contributed by atoms with Crippen LogP contribution in [0.2, 0.25) is 0 Å². The lowest BCUT2D eigenvalue weighted by Crippen LogP contribution is -1.90. The molecule has 1 aromatic carbocycles. The number of aromatic amines is 1. The van der Waals surface area contributed by atoms with Crippen LogP contribution < -0.4 is 0 Å². The summed E-state index contributed by atoms with van der Waals surface area (Å²) in [6.45, 7) is 0. The van der Waals surface area contributed by atoms with Crippen molar-refractivity contribution < 1.29 is 9.90 Å². The summed E-state index contributed by atoms with van der Waals surface area (Å²) in [7, 11) is 0. The highest BCUT2D eigenvalue weighted by Gasteiger charge is 2.01. The molecule has 2 aromatic rings. The second-order valence-electron chi connectivity index (χ2n) is 3.95. The summed E-state index contributed by atoms with van der Waals surface area (Å²) in [4.78, 5) is 13.7. The standard InChI is InChI=1S/C13H15NO2S/c15-13(16)17-8-4-3-6-11-9-10-5-1-2-7-12(10)14-11/h1-2,5,7,9,14H,3-4,6,8H2,(H,15,16). The molecule has 0 bridgehead atoms. The lowest BCUT2D eigenvalue weighted by atomic mass is 10.2. The van der Waals surface area contributed by atoms with E-state index < -0.39 is 5.30 Å². The highest BCUT2D eigenvalue weighted by atomic mass is 32.2. The van der Waals surface area contributed by atoms with E-state index in [-0.39, 0.29) is 0 Å². The number of rotatable bonds is 5. The third-order valence-electron chi connectivity index (χ3n) is 2.65. The molecule has 0 spiro atoms. The van der Waals surface area contributed by atoms with E-state index in [9.17, 15) is 4.79 Å². The topological polar surface area (TPSA) is 53.1 Å². The van der Waals surface area contributed by atoms with Crippen molar-refractivity contribution in [1.29, 1.82) is 0 Å². The molecule has 3 nitrogen and oxygen atoms in total. The van der Waals surface area contributed by atoms with E-state index >= 15 is 0 Å². The van der Waals surface area contributed by atoms with Crippen molar-refractivity contribution in [1.82, 2.24) is 4.98 Å². The van der Waals surface area contributed by atoms with Gasteiger partial charge in [-0.1, -0.05) is 18.2 Å². The van der Waals surface area contributed by atoms with Crippen molar-refractivity contribution in [2.45, 2.75) is 19.3 Å². The summed E-state index contributed by atoms with van der Waals surface area (Å²) in [5.41, 5.74) is 2.40. The van der Waals surface area contributed by atoms with Gasteiger partial charge in [-0.05, 0) is 48.5 Å². The van der Waals surface area contributed by atoms with Crippen LogP contribution in [0.25, 0.3) is 10.9 Å². The fourth-order valence-electron chi connectivity index (χ4n) is 1.85. The molecule has 2 N–H and O–H groups in total. The zero-order chi connectivity index (χ0) is 12.1. The lowest BCUT2D eigenvalue weighted by molar-refractivity contribution is 0.222. The van der Waals surface area contributed by atoms with E-state index in [1.165, 1.54) is 16.6 Å². The molecular weight excluding hydrogens is 234 g/mol. The molecule has 1 heterocycles. The maximum absolute atomic E-state index is 10.3. The van der Waals surface area contributed by atoms with Gasteiger partial charge in [0.1, 0.15) is 0 Å². The summed E-state index contributed by atoms with van der Waals surface area (Å²) < 4.78 is 0. The molecule has 0 aliphatic rings. The summed E-state index contributed by atoms with van der Waals surface area (Å²) in [6.07, 6.45) is 2.94. The number of benzene rings is 1. The van der Waals surface area contributed by atoms with Crippen molar-refractivity contribution in [2.75, 3.05) is 5.75 Å². The minimum atomic E-state index is -0.782. The van der Waals surface area contributed by atoms with Crippen molar-refractivity contribution in [3.63, 3.8) is 0 Å².